The van der Waals surface area contributed by atoms with Crippen LogP contribution >= 0.6 is 12.4 Å². The summed E-state index contributed by atoms with van der Waals surface area (Å²) in [5.74, 6) is 0.242. The van der Waals surface area contributed by atoms with Crippen molar-refractivity contribution in [3.8, 4) is 0 Å². The van der Waals surface area contributed by atoms with Gasteiger partial charge in [-0.05, 0) is 23.5 Å². The largest absolute Gasteiger partial charge is 0.311 e. The quantitative estimate of drug-likeness (QED) is 0.907. The molecule has 0 saturated carbocycles. The van der Waals surface area contributed by atoms with E-state index < -0.39 is 0 Å². The fourth-order valence-electron chi connectivity index (χ4n) is 2.33. The van der Waals surface area contributed by atoms with E-state index >= 15 is 0 Å². The fraction of sp³-hybridized carbons (Fsp3) is 0.562. The molecular weight excluding hydrogens is 272 g/mol. The van der Waals surface area contributed by atoms with Crippen molar-refractivity contribution in [2.24, 2.45) is 5.41 Å². The summed E-state index contributed by atoms with van der Waals surface area (Å²) in [6.45, 7) is 9.00. The molecule has 1 aromatic carbocycles. The number of rotatable bonds is 2. The summed E-state index contributed by atoms with van der Waals surface area (Å²) in [5, 5.41) is 3.37. The average Bonchev–Trinajstić information content (AvgIpc) is 2.57. The van der Waals surface area contributed by atoms with Crippen molar-refractivity contribution in [1.82, 2.24) is 5.32 Å². The zero-order valence-electron chi connectivity index (χ0n) is 12.6. The Bertz CT molecular complexity index is 454. The standard InChI is InChI=1S/C16H24N2O.ClH/c1-16(2,3)9-8-15(19)18-11-10-17-12-13-6-4-5-7-14(13)18;/h4-7,17H,8-12H2,1-3H3;1H. The Morgan fingerprint density at radius 2 is 2.00 bits per heavy atom. The Morgan fingerprint density at radius 3 is 2.70 bits per heavy atom. The van der Waals surface area contributed by atoms with Crippen LogP contribution in [-0.4, -0.2) is 19.0 Å². The molecule has 0 radical (unpaired) electrons. The first kappa shape index (κ1) is 17.0. The number of para-hydroxylation sites is 1. The van der Waals surface area contributed by atoms with E-state index in [9.17, 15) is 4.79 Å². The predicted octanol–water partition coefficient (Wildman–Crippen LogP) is 3.37. The number of hydrogen-bond donors (Lipinski definition) is 1. The molecule has 1 N–H and O–H groups in total. The van der Waals surface area contributed by atoms with Gasteiger partial charge in [0.2, 0.25) is 5.91 Å². The Balaban J connectivity index is 0.00000200. The summed E-state index contributed by atoms with van der Waals surface area (Å²) >= 11 is 0. The molecule has 1 aromatic rings. The Labute approximate surface area is 128 Å². The van der Waals surface area contributed by atoms with E-state index in [1.807, 2.05) is 17.0 Å². The monoisotopic (exact) mass is 296 g/mol. The van der Waals surface area contributed by atoms with Crippen LogP contribution in [0.5, 0.6) is 0 Å². The highest BCUT2D eigenvalue weighted by Crippen LogP contribution is 2.25. The van der Waals surface area contributed by atoms with Crippen LogP contribution in [0.25, 0.3) is 0 Å². The number of nitrogens with zero attached hydrogens (tertiary/aromatic N) is 1. The molecule has 0 bridgehead atoms. The van der Waals surface area contributed by atoms with Gasteiger partial charge in [0, 0.05) is 31.7 Å². The van der Waals surface area contributed by atoms with Gasteiger partial charge in [-0.15, -0.1) is 12.4 Å². The third-order valence-electron chi connectivity index (χ3n) is 3.50. The molecule has 0 fully saturated rings. The molecule has 112 valence electrons. The molecule has 0 aromatic heterocycles. The topological polar surface area (TPSA) is 32.3 Å². The van der Waals surface area contributed by atoms with Crippen molar-refractivity contribution >= 4 is 24.0 Å². The number of fused-ring (bicyclic) bond motifs is 1. The zero-order chi connectivity index (χ0) is 13.9. The molecule has 0 unspecified atom stereocenters. The number of halogens is 1. The Morgan fingerprint density at radius 1 is 1.30 bits per heavy atom. The number of nitrogens with one attached hydrogen (secondary N) is 1. The van der Waals surface area contributed by atoms with Crippen LogP contribution in [0.15, 0.2) is 24.3 Å². The smallest absolute Gasteiger partial charge is 0.227 e. The summed E-state index contributed by atoms with van der Waals surface area (Å²) in [4.78, 5) is 14.4. The van der Waals surface area contributed by atoms with Crippen molar-refractivity contribution in [1.29, 1.82) is 0 Å². The van der Waals surface area contributed by atoms with Gasteiger partial charge in [0.15, 0.2) is 0 Å². The second kappa shape index (κ2) is 7.09. The lowest BCUT2D eigenvalue weighted by Gasteiger charge is -2.25. The molecule has 1 aliphatic heterocycles. The van der Waals surface area contributed by atoms with Gasteiger partial charge in [0.25, 0.3) is 0 Å². The summed E-state index contributed by atoms with van der Waals surface area (Å²) in [6, 6.07) is 8.19. The van der Waals surface area contributed by atoms with E-state index in [0.29, 0.717) is 6.42 Å². The van der Waals surface area contributed by atoms with Gasteiger partial charge in [0.05, 0.1) is 0 Å². The fourth-order valence-corrected chi connectivity index (χ4v) is 2.33. The summed E-state index contributed by atoms with van der Waals surface area (Å²) < 4.78 is 0. The Kier molecular flexibility index (Phi) is 6.03. The molecule has 20 heavy (non-hydrogen) atoms. The van der Waals surface area contributed by atoms with E-state index in [4.69, 9.17) is 0 Å². The molecule has 1 amide bonds. The lowest BCUT2D eigenvalue weighted by Crippen LogP contribution is -2.35. The van der Waals surface area contributed by atoms with Crippen LogP contribution in [0, 0.1) is 5.41 Å². The molecule has 1 heterocycles. The molecule has 3 nitrogen and oxygen atoms in total. The number of carbonyl (C=O) groups is 1. The van der Waals surface area contributed by atoms with Crippen LogP contribution in [0.4, 0.5) is 5.69 Å². The second-order valence-electron chi connectivity index (χ2n) is 6.41. The van der Waals surface area contributed by atoms with Crippen LogP contribution in [0.3, 0.4) is 0 Å². The van der Waals surface area contributed by atoms with Gasteiger partial charge >= 0.3 is 0 Å². The Hall–Kier alpha value is -1.06. The SMILES string of the molecule is CC(C)(C)CCC(=O)N1CCNCc2ccccc21.Cl. The first-order valence-electron chi connectivity index (χ1n) is 7.06. The molecule has 0 aliphatic carbocycles. The van der Waals surface area contributed by atoms with E-state index in [0.717, 1.165) is 31.7 Å². The molecule has 0 spiro atoms. The zero-order valence-corrected chi connectivity index (χ0v) is 13.4. The highest BCUT2D eigenvalue weighted by Gasteiger charge is 2.22. The highest BCUT2D eigenvalue weighted by atomic mass is 35.5. The molecule has 2 rings (SSSR count). The third kappa shape index (κ3) is 4.50. The number of carbonyl (C=O) groups excluding carboxylic acids is 1. The van der Waals surface area contributed by atoms with Gasteiger partial charge < -0.3 is 10.2 Å². The number of benzene rings is 1. The molecule has 0 saturated heterocycles. The molecule has 4 heteroatoms. The maximum absolute atomic E-state index is 12.5. The first-order chi connectivity index (χ1) is 8.97. The van der Waals surface area contributed by atoms with Gasteiger partial charge in [-0.3, -0.25) is 4.79 Å². The normalized spacial score (nSPS) is 15.1. The minimum Gasteiger partial charge on any atom is -0.311 e. The van der Waals surface area contributed by atoms with Crippen molar-refractivity contribution in [2.75, 3.05) is 18.0 Å². The number of amides is 1. The number of hydrogen-bond acceptors (Lipinski definition) is 2. The summed E-state index contributed by atoms with van der Waals surface area (Å²) in [5.41, 5.74) is 2.50. The maximum Gasteiger partial charge on any atom is 0.227 e. The number of anilines is 1. The lowest BCUT2D eigenvalue weighted by molar-refractivity contribution is -0.119. The van der Waals surface area contributed by atoms with Crippen molar-refractivity contribution < 1.29 is 4.79 Å². The van der Waals surface area contributed by atoms with Crippen molar-refractivity contribution in [3.05, 3.63) is 29.8 Å². The van der Waals surface area contributed by atoms with E-state index in [2.05, 4.69) is 38.2 Å². The van der Waals surface area contributed by atoms with E-state index in [1.165, 1.54) is 5.56 Å². The third-order valence-corrected chi connectivity index (χ3v) is 3.50. The molecular formula is C16H25ClN2O. The van der Waals surface area contributed by atoms with Crippen LogP contribution < -0.4 is 10.2 Å². The predicted molar refractivity (Wildman–Crippen MR) is 86.4 cm³/mol. The summed E-state index contributed by atoms with van der Waals surface area (Å²) in [7, 11) is 0. The van der Waals surface area contributed by atoms with Gasteiger partial charge in [-0.25, -0.2) is 0 Å². The van der Waals surface area contributed by atoms with Crippen LogP contribution in [0.2, 0.25) is 0 Å². The lowest BCUT2D eigenvalue weighted by atomic mass is 9.90. The molecule has 0 atom stereocenters. The van der Waals surface area contributed by atoms with Gasteiger partial charge in [0.1, 0.15) is 0 Å². The second-order valence-corrected chi connectivity index (χ2v) is 6.41. The minimum absolute atomic E-state index is 0. The van der Waals surface area contributed by atoms with Crippen LogP contribution in [0.1, 0.15) is 39.2 Å². The molecule has 1 aliphatic rings. The maximum atomic E-state index is 12.5. The summed E-state index contributed by atoms with van der Waals surface area (Å²) in [6.07, 6.45) is 1.55. The minimum atomic E-state index is 0. The van der Waals surface area contributed by atoms with Crippen LogP contribution in [-0.2, 0) is 11.3 Å². The van der Waals surface area contributed by atoms with Gasteiger partial charge in [-0.2, -0.15) is 0 Å². The van der Waals surface area contributed by atoms with E-state index in [1.54, 1.807) is 0 Å². The highest BCUT2D eigenvalue weighted by molar-refractivity contribution is 5.94. The van der Waals surface area contributed by atoms with Crippen molar-refractivity contribution in [3.63, 3.8) is 0 Å². The average molecular weight is 297 g/mol. The van der Waals surface area contributed by atoms with E-state index in [-0.39, 0.29) is 23.7 Å². The van der Waals surface area contributed by atoms with Gasteiger partial charge in [-0.1, -0.05) is 39.0 Å². The first-order valence-corrected chi connectivity index (χ1v) is 7.06. The van der Waals surface area contributed by atoms with Crippen molar-refractivity contribution in [2.45, 2.75) is 40.2 Å².